The van der Waals surface area contributed by atoms with E-state index in [-0.39, 0.29) is 6.09 Å². The minimum absolute atomic E-state index is 0.359. The topological polar surface area (TPSA) is 38.3 Å². The van der Waals surface area contributed by atoms with Crippen LogP contribution in [0.1, 0.15) is 126 Å². The Morgan fingerprint density at radius 3 is 1.50 bits per heavy atom. The summed E-state index contributed by atoms with van der Waals surface area (Å²) in [6.07, 6.45) is 22.0. The number of amides is 1. The molecule has 1 amide bonds. The molecule has 0 bridgehead atoms. The van der Waals surface area contributed by atoms with Crippen molar-refractivity contribution >= 4 is 11.8 Å². The molecule has 0 atom stereocenters. The average Bonchev–Trinajstić information content (AvgIpc) is 2.88. The van der Waals surface area contributed by atoms with Gasteiger partial charge in [0, 0.05) is 5.69 Å². The first kappa shape index (κ1) is 29.9. The lowest BCUT2D eigenvalue weighted by atomic mass is 10.0. The van der Waals surface area contributed by atoms with Crippen LogP contribution in [0.3, 0.4) is 0 Å². The zero-order chi connectivity index (χ0) is 25.7. The molecular weight excluding hydrogens is 442 g/mol. The van der Waals surface area contributed by atoms with Gasteiger partial charge in [-0.3, -0.25) is 5.32 Å². The van der Waals surface area contributed by atoms with Gasteiger partial charge in [0.1, 0.15) is 0 Å². The van der Waals surface area contributed by atoms with Crippen LogP contribution >= 0.6 is 0 Å². The minimum atomic E-state index is -0.359. The maximum absolute atomic E-state index is 12.0. The third-order valence-electron chi connectivity index (χ3n) is 6.96. The van der Waals surface area contributed by atoms with E-state index in [1.54, 1.807) is 0 Å². The summed E-state index contributed by atoms with van der Waals surface area (Å²) in [5.74, 6) is 0. The van der Waals surface area contributed by atoms with Gasteiger partial charge >= 0.3 is 6.09 Å². The van der Waals surface area contributed by atoms with Crippen LogP contribution in [-0.2, 0) is 11.2 Å². The number of carbonyl (C=O) groups is 1. The quantitative estimate of drug-likeness (QED) is 0.186. The molecule has 2 rings (SSSR count). The number of carbonyl (C=O) groups excluding carboxylic acids is 1. The smallest absolute Gasteiger partial charge is 0.411 e. The van der Waals surface area contributed by atoms with Crippen molar-refractivity contribution in [2.24, 2.45) is 0 Å². The second-order valence-electron chi connectivity index (χ2n) is 10.4. The first-order chi connectivity index (χ1) is 17.7. The van der Waals surface area contributed by atoms with Gasteiger partial charge in [0.15, 0.2) is 0 Å². The van der Waals surface area contributed by atoms with E-state index in [4.69, 9.17) is 4.74 Å². The number of hydrogen-bond acceptors (Lipinski definition) is 2. The van der Waals surface area contributed by atoms with Gasteiger partial charge in [0.2, 0.25) is 0 Å². The lowest BCUT2D eigenvalue weighted by molar-refractivity contribution is 0.159. The highest BCUT2D eigenvalue weighted by molar-refractivity contribution is 5.84. The molecule has 3 nitrogen and oxygen atoms in total. The predicted molar refractivity (Wildman–Crippen MR) is 155 cm³/mol. The highest BCUT2D eigenvalue weighted by Gasteiger charge is 2.04. The van der Waals surface area contributed by atoms with E-state index in [1.807, 2.05) is 12.1 Å². The molecule has 0 saturated heterocycles. The van der Waals surface area contributed by atoms with Crippen LogP contribution < -0.4 is 5.32 Å². The number of anilines is 1. The van der Waals surface area contributed by atoms with E-state index in [0.717, 1.165) is 24.9 Å². The van der Waals surface area contributed by atoms with Crippen molar-refractivity contribution < 1.29 is 9.53 Å². The molecule has 0 aliphatic carbocycles. The van der Waals surface area contributed by atoms with Crippen molar-refractivity contribution in [3.63, 3.8) is 0 Å². The lowest BCUT2D eigenvalue weighted by Crippen LogP contribution is -2.14. The molecule has 0 spiro atoms. The van der Waals surface area contributed by atoms with Crippen LogP contribution in [0.25, 0.3) is 0 Å². The summed E-state index contributed by atoms with van der Waals surface area (Å²) in [6.45, 7) is 4.88. The van der Waals surface area contributed by atoms with Gasteiger partial charge in [-0.2, -0.15) is 0 Å². The minimum Gasteiger partial charge on any atom is -0.449 e. The number of aryl methyl sites for hydroxylation is 1. The van der Waals surface area contributed by atoms with E-state index in [0.29, 0.717) is 6.61 Å². The fourth-order valence-corrected chi connectivity index (χ4v) is 4.62. The SMILES string of the molecule is CCCCCCCCCCCCCCCCCCOC(=O)Nc1ccc(Cc2ccc(C)cc2)cc1. The summed E-state index contributed by atoms with van der Waals surface area (Å²) < 4.78 is 5.35. The van der Waals surface area contributed by atoms with E-state index in [1.165, 1.54) is 107 Å². The Morgan fingerprint density at radius 1 is 0.611 bits per heavy atom. The van der Waals surface area contributed by atoms with Crippen LogP contribution in [0.4, 0.5) is 10.5 Å². The fourth-order valence-electron chi connectivity index (χ4n) is 4.62. The van der Waals surface area contributed by atoms with Crippen molar-refractivity contribution in [3.05, 3.63) is 65.2 Å². The molecule has 0 aliphatic heterocycles. The molecule has 36 heavy (non-hydrogen) atoms. The number of ether oxygens (including phenoxy) is 1. The molecule has 0 aromatic heterocycles. The summed E-state index contributed by atoms with van der Waals surface area (Å²) in [7, 11) is 0. The molecule has 0 radical (unpaired) electrons. The third kappa shape index (κ3) is 15.0. The molecule has 0 unspecified atom stereocenters. The highest BCUT2D eigenvalue weighted by Crippen LogP contribution is 2.16. The number of unbranched alkanes of at least 4 members (excludes halogenated alkanes) is 15. The van der Waals surface area contributed by atoms with Crippen LogP contribution in [-0.4, -0.2) is 12.7 Å². The Hall–Kier alpha value is -2.29. The van der Waals surface area contributed by atoms with Crippen molar-refractivity contribution in [3.8, 4) is 0 Å². The second kappa shape index (κ2) is 19.8. The molecule has 1 N–H and O–H groups in total. The van der Waals surface area contributed by atoms with Gasteiger partial charge in [-0.15, -0.1) is 0 Å². The fraction of sp³-hybridized carbons (Fsp3) is 0.606. The molecule has 0 fully saturated rings. The van der Waals surface area contributed by atoms with Crippen molar-refractivity contribution in [1.29, 1.82) is 0 Å². The van der Waals surface area contributed by atoms with Gasteiger partial charge in [-0.1, -0.05) is 145 Å². The summed E-state index contributed by atoms with van der Waals surface area (Å²) in [5, 5.41) is 2.83. The van der Waals surface area contributed by atoms with E-state index in [9.17, 15) is 4.79 Å². The second-order valence-corrected chi connectivity index (χ2v) is 10.4. The van der Waals surface area contributed by atoms with Gasteiger partial charge in [0.25, 0.3) is 0 Å². The van der Waals surface area contributed by atoms with Gasteiger partial charge < -0.3 is 4.74 Å². The monoisotopic (exact) mass is 493 g/mol. The van der Waals surface area contributed by atoms with Crippen molar-refractivity contribution in [1.82, 2.24) is 0 Å². The number of benzene rings is 2. The molecule has 0 heterocycles. The Labute approximate surface area is 221 Å². The Kier molecular flexibility index (Phi) is 16.5. The summed E-state index contributed by atoms with van der Waals surface area (Å²) in [5.41, 5.74) is 4.57. The Bertz CT molecular complexity index is 797. The van der Waals surface area contributed by atoms with Crippen molar-refractivity contribution in [2.45, 2.75) is 123 Å². The average molecular weight is 494 g/mol. The van der Waals surface area contributed by atoms with Gasteiger partial charge in [-0.25, -0.2) is 4.79 Å². The van der Waals surface area contributed by atoms with Crippen LogP contribution in [0.5, 0.6) is 0 Å². The molecule has 2 aromatic rings. The number of hydrogen-bond donors (Lipinski definition) is 1. The molecule has 200 valence electrons. The Morgan fingerprint density at radius 2 is 1.03 bits per heavy atom. The molecule has 0 aliphatic rings. The third-order valence-corrected chi connectivity index (χ3v) is 6.96. The molecule has 2 aromatic carbocycles. The standard InChI is InChI=1S/C33H51NO2/c1-3-4-5-6-7-8-9-10-11-12-13-14-15-16-17-18-27-36-33(35)34-32-25-23-31(24-26-32)28-30-21-19-29(2)20-22-30/h19-26H,3-18,27-28H2,1-2H3,(H,34,35). The normalized spacial score (nSPS) is 10.9. The predicted octanol–water partition coefficient (Wildman–Crippen LogP) is 10.4. The zero-order valence-electron chi connectivity index (χ0n) is 23.2. The van der Waals surface area contributed by atoms with Crippen LogP contribution in [0.15, 0.2) is 48.5 Å². The summed E-state index contributed by atoms with van der Waals surface area (Å²) in [6, 6.07) is 16.6. The van der Waals surface area contributed by atoms with Gasteiger partial charge in [-0.05, 0) is 43.0 Å². The first-order valence-corrected chi connectivity index (χ1v) is 14.8. The molecule has 3 heteroatoms. The van der Waals surface area contributed by atoms with Gasteiger partial charge in [0.05, 0.1) is 6.61 Å². The summed E-state index contributed by atoms with van der Waals surface area (Å²) in [4.78, 5) is 12.0. The van der Waals surface area contributed by atoms with E-state index in [2.05, 4.69) is 55.6 Å². The van der Waals surface area contributed by atoms with E-state index < -0.39 is 0 Å². The largest absolute Gasteiger partial charge is 0.449 e. The highest BCUT2D eigenvalue weighted by atomic mass is 16.5. The van der Waals surface area contributed by atoms with Crippen LogP contribution in [0, 0.1) is 6.92 Å². The Balaban J connectivity index is 1.38. The first-order valence-electron chi connectivity index (χ1n) is 14.8. The number of rotatable bonds is 20. The molecular formula is C33H51NO2. The maximum Gasteiger partial charge on any atom is 0.411 e. The maximum atomic E-state index is 12.0. The lowest BCUT2D eigenvalue weighted by Gasteiger charge is -2.08. The number of nitrogens with one attached hydrogen (secondary N) is 1. The summed E-state index contributed by atoms with van der Waals surface area (Å²) >= 11 is 0. The zero-order valence-corrected chi connectivity index (χ0v) is 23.2. The van der Waals surface area contributed by atoms with E-state index >= 15 is 0 Å². The molecule has 0 saturated carbocycles. The van der Waals surface area contributed by atoms with Crippen LogP contribution in [0.2, 0.25) is 0 Å². The van der Waals surface area contributed by atoms with Crippen molar-refractivity contribution in [2.75, 3.05) is 11.9 Å².